The molecule has 0 amide bonds. The second kappa shape index (κ2) is 6.36. The Morgan fingerprint density at radius 2 is 1.03 bits per heavy atom. The molecular weight excluding hydrogens is 559 g/mol. The van der Waals surface area contributed by atoms with Crippen LogP contribution in [0.2, 0.25) is 0 Å². The van der Waals surface area contributed by atoms with Crippen molar-refractivity contribution in [2.75, 3.05) is 0 Å². The van der Waals surface area contributed by atoms with Crippen molar-refractivity contribution in [3.05, 3.63) is 85.7 Å². The van der Waals surface area contributed by atoms with Gasteiger partial charge in [0.05, 0.1) is 0 Å². The first-order chi connectivity index (χ1) is 14.7. The van der Waals surface area contributed by atoms with E-state index in [9.17, 15) is 0 Å². The second-order valence-corrected chi connectivity index (χ2v) is 8.22. The molecule has 3 aromatic rings. The molecule has 0 saturated heterocycles. The summed E-state index contributed by atoms with van der Waals surface area (Å²) in [6.45, 7) is 0. The van der Waals surface area contributed by atoms with Crippen LogP contribution in [0.15, 0.2) is 79.6 Å². The van der Waals surface area contributed by atoms with E-state index in [0.717, 1.165) is 11.0 Å². The van der Waals surface area contributed by atoms with Crippen molar-refractivity contribution < 1.29 is 19.8 Å². The SMILES string of the molecule is Cn1cc2c3ccccc3c3cc4c5ccccc5c5cn(C)[cH-]n-5c4[c-]c3n-2[cH-]1.[Os]. The van der Waals surface area contributed by atoms with Gasteiger partial charge in [0.25, 0.3) is 0 Å². The van der Waals surface area contributed by atoms with Gasteiger partial charge in [0.2, 0.25) is 0 Å². The minimum atomic E-state index is 0. The van der Waals surface area contributed by atoms with Crippen molar-refractivity contribution in [1.29, 1.82) is 0 Å². The fraction of sp³-hybridized carbons (Fsp3) is 0.0769. The molecule has 0 bridgehead atoms. The zero-order valence-corrected chi connectivity index (χ0v) is 19.7. The summed E-state index contributed by atoms with van der Waals surface area (Å²) in [6.07, 6.45) is 8.65. The molecule has 4 aliphatic rings. The van der Waals surface area contributed by atoms with Gasteiger partial charge in [-0.3, -0.25) is 0 Å². The normalized spacial score (nSPS) is 11.9. The molecule has 0 atom stereocenters. The van der Waals surface area contributed by atoms with Crippen LogP contribution in [0.25, 0.3) is 54.7 Å². The van der Waals surface area contributed by atoms with E-state index in [-0.39, 0.29) is 19.8 Å². The van der Waals surface area contributed by atoms with Crippen LogP contribution in [0, 0.1) is 6.07 Å². The molecule has 4 heterocycles. The number of hydrogen-bond acceptors (Lipinski definition) is 0. The first-order valence-electron chi connectivity index (χ1n) is 10.1. The molecule has 0 saturated carbocycles. The maximum absolute atomic E-state index is 3.81. The average molecular weight is 578 g/mol. The average Bonchev–Trinajstić information content (AvgIpc) is 3.36. The van der Waals surface area contributed by atoms with Gasteiger partial charge in [0.15, 0.2) is 0 Å². The Bertz CT molecular complexity index is 1600. The first-order valence-corrected chi connectivity index (χ1v) is 10.1. The topological polar surface area (TPSA) is 19.7 Å². The van der Waals surface area contributed by atoms with Gasteiger partial charge in [-0.1, -0.05) is 93.8 Å². The van der Waals surface area contributed by atoms with Gasteiger partial charge in [-0.2, -0.15) is 17.1 Å². The number of imidazole rings is 2. The van der Waals surface area contributed by atoms with Gasteiger partial charge >= 0.3 is 0 Å². The third-order valence-corrected chi connectivity index (χ3v) is 6.27. The van der Waals surface area contributed by atoms with Crippen LogP contribution in [0.3, 0.4) is 0 Å². The Hall–Kier alpha value is -3.28. The van der Waals surface area contributed by atoms with Gasteiger partial charge in [-0.15, -0.1) is 10.8 Å². The number of fused-ring (bicyclic) bond motifs is 12. The summed E-state index contributed by atoms with van der Waals surface area (Å²) in [5.74, 6) is 0. The molecule has 154 valence electrons. The summed E-state index contributed by atoms with van der Waals surface area (Å²) >= 11 is 0. The zero-order chi connectivity index (χ0) is 20.0. The molecule has 0 radical (unpaired) electrons. The molecule has 0 aromatic heterocycles. The predicted octanol–water partition coefficient (Wildman–Crippen LogP) is 5.79. The van der Waals surface area contributed by atoms with Crippen molar-refractivity contribution >= 4 is 43.4 Å². The standard InChI is InChI=1S/C26H19N4.Os/c1-27-13-25-19-9-5-3-7-17(19)21-11-22-18-8-4-6-10-20(18)26-14-28(2)16-30(26)24(22)12-23(21)29(25)15-27;/h3-11,13-16H,1-2H3;/q-3;. The van der Waals surface area contributed by atoms with E-state index >= 15 is 0 Å². The summed E-state index contributed by atoms with van der Waals surface area (Å²) < 4.78 is 8.76. The Morgan fingerprint density at radius 3 is 1.48 bits per heavy atom. The number of benzene rings is 3. The summed E-state index contributed by atoms with van der Waals surface area (Å²) in [6, 6.07) is 23.5. The van der Waals surface area contributed by atoms with Crippen LogP contribution >= 0.6 is 0 Å². The maximum Gasteiger partial charge on any atom is 0 e. The monoisotopic (exact) mass is 579 g/mol. The number of pyridine rings is 2. The number of aromatic nitrogens is 4. The van der Waals surface area contributed by atoms with E-state index in [2.05, 4.69) is 118 Å². The van der Waals surface area contributed by atoms with Crippen molar-refractivity contribution in [2.24, 2.45) is 14.1 Å². The van der Waals surface area contributed by atoms with Crippen LogP contribution in [0.1, 0.15) is 0 Å². The Morgan fingerprint density at radius 1 is 0.613 bits per heavy atom. The van der Waals surface area contributed by atoms with E-state index in [1.165, 1.54) is 43.7 Å². The molecule has 4 aliphatic heterocycles. The van der Waals surface area contributed by atoms with Gasteiger partial charge in [0, 0.05) is 19.8 Å². The Labute approximate surface area is 192 Å². The summed E-state index contributed by atoms with van der Waals surface area (Å²) in [7, 11) is 4.15. The van der Waals surface area contributed by atoms with Crippen LogP contribution in [-0.4, -0.2) is 18.3 Å². The van der Waals surface area contributed by atoms with Crippen LogP contribution in [0.5, 0.6) is 0 Å². The fourth-order valence-corrected chi connectivity index (χ4v) is 5.02. The Kier molecular flexibility index (Phi) is 3.79. The van der Waals surface area contributed by atoms with Gasteiger partial charge in [0.1, 0.15) is 0 Å². The predicted molar refractivity (Wildman–Crippen MR) is 123 cm³/mol. The van der Waals surface area contributed by atoms with Crippen molar-refractivity contribution in [1.82, 2.24) is 18.3 Å². The third-order valence-electron chi connectivity index (χ3n) is 6.27. The van der Waals surface area contributed by atoms with Crippen LogP contribution in [-0.2, 0) is 33.9 Å². The number of hydrogen-bond donors (Lipinski definition) is 0. The van der Waals surface area contributed by atoms with Crippen LogP contribution < -0.4 is 0 Å². The van der Waals surface area contributed by atoms with E-state index in [4.69, 9.17) is 0 Å². The molecule has 3 aromatic carbocycles. The van der Waals surface area contributed by atoms with Gasteiger partial charge < -0.3 is 18.3 Å². The van der Waals surface area contributed by atoms with Crippen LogP contribution in [0.4, 0.5) is 0 Å². The molecule has 0 spiro atoms. The molecule has 0 aliphatic carbocycles. The fourth-order valence-electron chi connectivity index (χ4n) is 5.02. The van der Waals surface area contributed by atoms with Crippen molar-refractivity contribution in [3.8, 4) is 11.4 Å². The quantitative estimate of drug-likeness (QED) is 0.124. The van der Waals surface area contributed by atoms with E-state index in [0.29, 0.717) is 0 Å². The second-order valence-electron chi connectivity index (χ2n) is 8.22. The molecule has 5 heteroatoms. The summed E-state index contributed by atoms with van der Waals surface area (Å²) in [5.41, 5.74) is 4.60. The largest absolute Gasteiger partial charge is 0.451 e. The molecule has 0 fully saturated rings. The first kappa shape index (κ1) is 18.5. The van der Waals surface area contributed by atoms with E-state index in [1.54, 1.807) is 0 Å². The Balaban J connectivity index is 0.00000185. The number of nitrogens with zero attached hydrogens (tertiary/aromatic N) is 4. The molecule has 4 nitrogen and oxygen atoms in total. The molecular formula is C26H19N4Os-3. The summed E-state index contributed by atoms with van der Waals surface area (Å²) in [4.78, 5) is 0. The summed E-state index contributed by atoms with van der Waals surface area (Å²) in [5, 5.41) is 7.50. The maximum atomic E-state index is 3.81. The number of aryl methyl sites for hydroxylation is 2. The van der Waals surface area contributed by atoms with Crippen molar-refractivity contribution in [3.63, 3.8) is 0 Å². The molecule has 0 N–H and O–H groups in total. The minimum absolute atomic E-state index is 0. The third kappa shape index (κ3) is 2.39. The van der Waals surface area contributed by atoms with E-state index in [1.807, 2.05) is 0 Å². The molecule has 31 heavy (non-hydrogen) atoms. The van der Waals surface area contributed by atoms with Gasteiger partial charge in [-0.25, -0.2) is 6.07 Å². The molecule has 7 rings (SSSR count). The van der Waals surface area contributed by atoms with E-state index < -0.39 is 0 Å². The van der Waals surface area contributed by atoms with Gasteiger partial charge in [-0.05, 0) is 26.7 Å². The zero-order valence-electron chi connectivity index (χ0n) is 17.1. The number of rotatable bonds is 0. The molecule has 0 unspecified atom stereocenters. The minimum Gasteiger partial charge on any atom is -0.451 e. The van der Waals surface area contributed by atoms with Crippen molar-refractivity contribution in [2.45, 2.75) is 0 Å². The smallest absolute Gasteiger partial charge is 0 e.